The highest BCUT2D eigenvalue weighted by Gasteiger charge is 2.49. The molecule has 0 unspecified atom stereocenters. The summed E-state index contributed by atoms with van der Waals surface area (Å²) in [5.41, 5.74) is 6.82. The molecule has 108 valence electrons. The van der Waals surface area contributed by atoms with E-state index in [2.05, 4.69) is 21.4 Å². The van der Waals surface area contributed by atoms with Crippen molar-refractivity contribution < 1.29 is 0 Å². The lowest BCUT2D eigenvalue weighted by atomic mass is 9.51. The fourth-order valence-electron chi connectivity index (χ4n) is 5.26. The molecule has 1 heterocycles. The molecule has 4 saturated carbocycles. The molecule has 0 aromatic carbocycles. The van der Waals surface area contributed by atoms with Crippen molar-refractivity contribution in [1.82, 2.24) is 9.97 Å². The third-order valence-electron chi connectivity index (χ3n) is 5.71. The first kappa shape index (κ1) is 12.6. The molecule has 0 amide bonds. The highest BCUT2D eigenvalue weighted by Crippen LogP contribution is 2.59. The molecule has 4 fully saturated rings. The second kappa shape index (κ2) is 4.99. The van der Waals surface area contributed by atoms with Crippen LogP contribution in [-0.4, -0.2) is 23.1 Å². The topological polar surface area (TPSA) is 63.8 Å². The van der Waals surface area contributed by atoms with Gasteiger partial charge in [-0.3, -0.25) is 0 Å². The Hall–Kier alpha value is -1.16. The van der Waals surface area contributed by atoms with Gasteiger partial charge < -0.3 is 11.1 Å². The van der Waals surface area contributed by atoms with Gasteiger partial charge in [-0.1, -0.05) is 0 Å². The van der Waals surface area contributed by atoms with E-state index in [1.54, 1.807) is 6.33 Å². The van der Waals surface area contributed by atoms with Gasteiger partial charge in [0.25, 0.3) is 0 Å². The van der Waals surface area contributed by atoms with Crippen LogP contribution in [0.5, 0.6) is 0 Å². The summed E-state index contributed by atoms with van der Waals surface area (Å²) in [6.45, 7) is 1.41. The molecule has 3 N–H and O–H groups in total. The highest BCUT2D eigenvalue weighted by atomic mass is 15.0. The lowest BCUT2D eigenvalue weighted by molar-refractivity contribution is -0.00416. The van der Waals surface area contributed by atoms with Crippen LogP contribution in [0.1, 0.15) is 43.7 Å². The van der Waals surface area contributed by atoms with Gasteiger partial charge in [-0.25, -0.2) is 9.97 Å². The Labute approximate surface area is 120 Å². The molecule has 4 aliphatic rings. The van der Waals surface area contributed by atoms with Gasteiger partial charge in [0, 0.05) is 30.8 Å². The minimum atomic E-state index is 0.636. The van der Waals surface area contributed by atoms with Gasteiger partial charge in [0.05, 0.1) is 0 Å². The number of nitrogens with two attached hydrogens (primary N) is 1. The zero-order valence-corrected chi connectivity index (χ0v) is 12.0. The van der Waals surface area contributed by atoms with Crippen LogP contribution in [0.25, 0.3) is 0 Å². The van der Waals surface area contributed by atoms with Gasteiger partial charge in [-0.2, -0.15) is 0 Å². The SMILES string of the molecule is NCCNc1cc(C2C3CC4CC(C3)CC2C4)ncn1. The van der Waals surface area contributed by atoms with Crippen LogP contribution in [0.15, 0.2) is 12.4 Å². The summed E-state index contributed by atoms with van der Waals surface area (Å²) in [7, 11) is 0. The molecule has 4 heteroatoms. The predicted molar refractivity (Wildman–Crippen MR) is 79.4 cm³/mol. The highest BCUT2D eigenvalue weighted by molar-refractivity contribution is 5.36. The molecule has 20 heavy (non-hydrogen) atoms. The van der Waals surface area contributed by atoms with Crippen LogP contribution in [-0.2, 0) is 0 Å². The quantitative estimate of drug-likeness (QED) is 0.883. The third kappa shape index (κ3) is 2.10. The van der Waals surface area contributed by atoms with Crippen molar-refractivity contribution in [3.05, 3.63) is 18.1 Å². The zero-order chi connectivity index (χ0) is 13.5. The summed E-state index contributed by atoms with van der Waals surface area (Å²) >= 11 is 0. The fourth-order valence-corrected chi connectivity index (χ4v) is 5.26. The van der Waals surface area contributed by atoms with E-state index in [4.69, 9.17) is 5.73 Å². The first-order chi connectivity index (χ1) is 9.83. The van der Waals surface area contributed by atoms with Crippen molar-refractivity contribution in [3.63, 3.8) is 0 Å². The van der Waals surface area contributed by atoms with E-state index in [1.165, 1.54) is 37.8 Å². The van der Waals surface area contributed by atoms with Crippen LogP contribution < -0.4 is 11.1 Å². The third-order valence-corrected chi connectivity index (χ3v) is 5.71. The summed E-state index contributed by atoms with van der Waals surface area (Å²) < 4.78 is 0. The maximum atomic E-state index is 5.55. The van der Waals surface area contributed by atoms with Gasteiger partial charge >= 0.3 is 0 Å². The summed E-state index contributed by atoms with van der Waals surface area (Å²) in [5, 5.41) is 3.28. The Bertz CT molecular complexity index is 459. The van der Waals surface area contributed by atoms with Crippen LogP contribution in [0.4, 0.5) is 5.82 Å². The van der Waals surface area contributed by atoms with E-state index in [0.717, 1.165) is 36.0 Å². The maximum Gasteiger partial charge on any atom is 0.129 e. The summed E-state index contributed by atoms with van der Waals surface area (Å²) in [4.78, 5) is 8.92. The molecule has 4 bridgehead atoms. The van der Waals surface area contributed by atoms with Crippen LogP contribution in [0, 0.1) is 23.7 Å². The molecular weight excluding hydrogens is 248 g/mol. The van der Waals surface area contributed by atoms with Crippen molar-refractivity contribution in [3.8, 4) is 0 Å². The van der Waals surface area contributed by atoms with E-state index < -0.39 is 0 Å². The minimum Gasteiger partial charge on any atom is -0.369 e. The maximum absolute atomic E-state index is 5.55. The van der Waals surface area contributed by atoms with Crippen LogP contribution in [0.2, 0.25) is 0 Å². The van der Waals surface area contributed by atoms with E-state index in [9.17, 15) is 0 Å². The van der Waals surface area contributed by atoms with Crippen molar-refractivity contribution in [1.29, 1.82) is 0 Å². The molecule has 1 aromatic rings. The number of nitrogens with one attached hydrogen (secondary N) is 1. The number of aromatic nitrogens is 2. The average Bonchev–Trinajstić information content (AvgIpc) is 2.44. The molecular formula is C16H24N4. The Morgan fingerprint density at radius 1 is 1.05 bits per heavy atom. The van der Waals surface area contributed by atoms with E-state index in [-0.39, 0.29) is 0 Å². The second-order valence-corrected chi connectivity index (χ2v) is 7.00. The molecule has 1 aromatic heterocycles. The summed E-state index contributed by atoms with van der Waals surface area (Å²) in [5.74, 6) is 5.42. The smallest absolute Gasteiger partial charge is 0.129 e. The molecule has 0 radical (unpaired) electrons. The zero-order valence-electron chi connectivity index (χ0n) is 12.0. The lowest BCUT2D eigenvalue weighted by Crippen LogP contribution is -2.44. The summed E-state index contributed by atoms with van der Waals surface area (Å²) in [6, 6.07) is 2.17. The number of rotatable bonds is 4. The first-order valence-corrected chi connectivity index (χ1v) is 8.09. The number of hydrogen-bond acceptors (Lipinski definition) is 4. The number of anilines is 1. The number of nitrogens with zero attached hydrogens (tertiary/aromatic N) is 2. The Morgan fingerprint density at radius 2 is 1.75 bits per heavy atom. The Balaban J connectivity index is 1.58. The molecule has 4 nitrogen and oxygen atoms in total. The molecule has 0 spiro atoms. The van der Waals surface area contributed by atoms with Crippen molar-refractivity contribution in [2.75, 3.05) is 18.4 Å². The van der Waals surface area contributed by atoms with Gasteiger partial charge in [0.2, 0.25) is 0 Å². The van der Waals surface area contributed by atoms with E-state index in [0.29, 0.717) is 12.5 Å². The van der Waals surface area contributed by atoms with E-state index in [1.807, 2.05) is 0 Å². The largest absolute Gasteiger partial charge is 0.369 e. The van der Waals surface area contributed by atoms with Crippen molar-refractivity contribution in [2.45, 2.75) is 38.0 Å². The Kier molecular flexibility index (Phi) is 3.14. The normalized spacial score (nSPS) is 38.1. The van der Waals surface area contributed by atoms with Crippen LogP contribution >= 0.6 is 0 Å². The van der Waals surface area contributed by atoms with Gasteiger partial charge in [-0.05, 0) is 55.8 Å². The molecule has 5 rings (SSSR count). The van der Waals surface area contributed by atoms with E-state index >= 15 is 0 Å². The summed E-state index contributed by atoms with van der Waals surface area (Å²) in [6.07, 6.45) is 8.98. The predicted octanol–water partition coefficient (Wildman–Crippen LogP) is 2.39. The first-order valence-electron chi connectivity index (χ1n) is 8.09. The molecule has 0 atom stereocenters. The fraction of sp³-hybridized carbons (Fsp3) is 0.750. The molecule has 0 aliphatic heterocycles. The average molecular weight is 272 g/mol. The Morgan fingerprint density at radius 3 is 2.40 bits per heavy atom. The van der Waals surface area contributed by atoms with Gasteiger partial charge in [0.1, 0.15) is 12.1 Å². The van der Waals surface area contributed by atoms with Gasteiger partial charge in [0.15, 0.2) is 0 Å². The van der Waals surface area contributed by atoms with Crippen molar-refractivity contribution >= 4 is 5.82 Å². The standard InChI is InChI=1S/C16H24N4/c17-1-2-18-15-8-14(19-9-20-15)16-12-4-10-3-11(6-12)7-13(16)5-10/h8-13,16H,1-7,17H2,(H,18,19,20). The lowest BCUT2D eigenvalue weighted by Gasteiger charge is -2.54. The van der Waals surface area contributed by atoms with Crippen LogP contribution in [0.3, 0.4) is 0 Å². The van der Waals surface area contributed by atoms with Gasteiger partial charge in [-0.15, -0.1) is 0 Å². The number of hydrogen-bond donors (Lipinski definition) is 2. The van der Waals surface area contributed by atoms with Crippen molar-refractivity contribution in [2.24, 2.45) is 29.4 Å². The molecule has 0 saturated heterocycles. The monoisotopic (exact) mass is 272 g/mol. The second-order valence-electron chi connectivity index (χ2n) is 7.00. The molecule has 4 aliphatic carbocycles. The minimum absolute atomic E-state index is 0.636.